The van der Waals surface area contributed by atoms with E-state index in [0.29, 0.717) is 48.4 Å². The zero-order chi connectivity index (χ0) is 24.5. The summed E-state index contributed by atoms with van der Waals surface area (Å²) in [6.45, 7) is 1.68. The third kappa shape index (κ3) is 7.39. The van der Waals surface area contributed by atoms with E-state index < -0.39 is 5.91 Å². The van der Waals surface area contributed by atoms with Gasteiger partial charge < -0.3 is 23.8 Å². The molecule has 0 radical (unpaired) electrons. The van der Waals surface area contributed by atoms with E-state index in [1.165, 1.54) is 25.5 Å². The van der Waals surface area contributed by atoms with Gasteiger partial charge in [0.05, 0.1) is 31.6 Å². The second-order valence-corrected chi connectivity index (χ2v) is 8.20. The molecule has 1 fully saturated rings. The van der Waals surface area contributed by atoms with Crippen molar-refractivity contribution in [3.63, 3.8) is 0 Å². The number of benzene rings is 2. The van der Waals surface area contributed by atoms with Crippen molar-refractivity contribution < 1.29 is 28.5 Å². The van der Waals surface area contributed by atoms with Crippen LogP contribution in [0.5, 0.6) is 17.2 Å². The van der Waals surface area contributed by atoms with Crippen LogP contribution in [0.15, 0.2) is 35.4 Å². The molecule has 0 atom stereocenters. The van der Waals surface area contributed by atoms with Crippen molar-refractivity contribution in [3.8, 4) is 17.2 Å². The van der Waals surface area contributed by atoms with Crippen molar-refractivity contribution in [2.75, 3.05) is 46.6 Å². The van der Waals surface area contributed by atoms with Crippen LogP contribution in [0.3, 0.4) is 0 Å². The van der Waals surface area contributed by atoms with Crippen molar-refractivity contribution in [3.05, 3.63) is 51.0 Å². The van der Waals surface area contributed by atoms with Crippen LogP contribution in [0, 0.1) is 0 Å². The van der Waals surface area contributed by atoms with E-state index in [2.05, 4.69) is 10.5 Å². The highest BCUT2D eigenvalue weighted by Crippen LogP contribution is 2.35. The monoisotopic (exact) mass is 529 g/mol. The molecule has 1 heterocycles. The zero-order valence-corrected chi connectivity index (χ0v) is 20.5. The lowest BCUT2D eigenvalue weighted by Crippen LogP contribution is -2.43. The molecule has 1 N–H and O–H groups in total. The Labute approximate surface area is 211 Å². The summed E-state index contributed by atoms with van der Waals surface area (Å²) in [6.07, 6.45) is 1.42. The number of amides is 2. The number of hydrogen-bond donors (Lipinski definition) is 1. The lowest BCUT2D eigenvalue weighted by molar-refractivity contribution is -0.137. The van der Waals surface area contributed by atoms with Gasteiger partial charge in [-0.25, -0.2) is 5.43 Å². The summed E-state index contributed by atoms with van der Waals surface area (Å²) in [5.74, 6) is 0.376. The molecule has 2 aromatic rings. The molecular formula is C22H22Cl3N3O6. The van der Waals surface area contributed by atoms with E-state index in [4.69, 9.17) is 53.8 Å². The fourth-order valence-corrected chi connectivity index (χ4v) is 3.56. The standard InChI is InChI=1S/C22H22Cl3N3O6/c1-31-18-8-14(2-3-17(18)34-13-21(30)28-4-6-32-7-5-28)11-26-27-20(29)12-33-19-10-15(23)9-16(24)22(19)25/h2-3,8-11H,4-7,12-13H2,1H3,(H,27,29)/b26-11-. The summed E-state index contributed by atoms with van der Waals surface area (Å²) in [5.41, 5.74) is 2.98. The van der Waals surface area contributed by atoms with Gasteiger partial charge >= 0.3 is 0 Å². The van der Waals surface area contributed by atoms with Crippen molar-refractivity contribution in [2.45, 2.75) is 0 Å². The lowest BCUT2D eigenvalue weighted by atomic mass is 10.2. The topological polar surface area (TPSA) is 98.7 Å². The number of carbonyl (C=O) groups excluding carboxylic acids is 2. The van der Waals surface area contributed by atoms with Gasteiger partial charge in [0.2, 0.25) is 0 Å². The van der Waals surface area contributed by atoms with Crippen LogP contribution in [-0.4, -0.2) is 69.6 Å². The molecule has 1 saturated heterocycles. The fourth-order valence-electron chi connectivity index (χ4n) is 2.92. The van der Waals surface area contributed by atoms with E-state index in [1.54, 1.807) is 23.1 Å². The molecule has 182 valence electrons. The molecule has 2 aromatic carbocycles. The van der Waals surface area contributed by atoms with Gasteiger partial charge in [-0.1, -0.05) is 34.8 Å². The van der Waals surface area contributed by atoms with Gasteiger partial charge in [0.15, 0.2) is 24.7 Å². The highest BCUT2D eigenvalue weighted by Gasteiger charge is 2.18. The minimum absolute atomic E-state index is 0.109. The Morgan fingerprint density at radius 3 is 2.53 bits per heavy atom. The number of morpholine rings is 1. The summed E-state index contributed by atoms with van der Waals surface area (Å²) in [6, 6.07) is 7.94. The van der Waals surface area contributed by atoms with E-state index in [0.717, 1.165) is 0 Å². The van der Waals surface area contributed by atoms with E-state index in [9.17, 15) is 9.59 Å². The van der Waals surface area contributed by atoms with Crippen molar-refractivity contribution in [2.24, 2.45) is 5.10 Å². The molecule has 1 aliphatic rings. The van der Waals surface area contributed by atoms with Gasteiger partial charge in [-0.05, 0) is 29.8 Å². The molecule has 9 nitrogen and oxygen atoms in total. The van der Waals surface area contributed by atoms with Crippen LogP contribution < -0.4 is 19.6 Å². The lowest BCUT2D eigenvalue weighted by Gasteiger charge is -2.26. The highest BCUT2D eigenvalue weighted by atomic mass is 35.5. The Morgan fingerprint density at radius 2 is 1.79 bits per heavy atom. The van der Waals surface area contributed by atoms with Crippen LogP contribution in [0.1, 0.15) is 5.56 Å². The Bertz CT molecular complexity index is 1060. The number of methoxy groups -OCH3 is 1. The van der Waals surface area contributed by atoms with Crippen molar-refractivity contribution >= 4 is 52.8 Å². The summed E-state index contributed by atoms with van der Waals surface area (Å²) < 4.78 is 21.5. The first kappa shape index (κ1) is 25.9. The van der Waals surface area contributed by atoms with Crippen LogP contribution in [0.25, 0.3) is 0 Å². The predicted octanol–water partition coefficient (Wildman–Crippen LogP) is 3.42. The van der Waals surface area contributed by atoms with E-state index in [-0.39, 0.29) is 34.9 Å². The molecule has 0 aromatic heterocycles. The maximum absolute atomic E-state index is 12.3. The maximum atomic E-state index is 12.3. The maximum Gasteiger partial charge on any atom is 0.277 e. The fraction of sp³-hybridized carbons (Fsp3) is 0.318. The Balaban J connectivity index is 1.50. The zero-order valence-electron chi connectivity index (χ0n) is 18.2. The molecule has 12 heteroatoms. The molecule has 0 unspecified atom stereocenters. The minimum atomic E-state index is -0.517. The first-order chi connectivity index (χ1) is 16.4. The van der Waals surface area contributed by atoms with Gasteiger partial charge in [-0.15, -0.1) is 0 Å². The van der Waals surface area contributed by atoms with Gasteiger partial charge in [-0.2, -0.15) is 5.10 Å². The first-order valence-electron chi connectivity index (χ1n) is 10.1. The molecule has 0 spiro atoms. The summed E-state index contributed by atoms with van der Waals surface area (Å²) in [5, 5.41) is 4.59. The first-order valence-corrected chi connectivity index (χ1v) is 11.3. The van der Waals surface area contributed by atoms with Gasteiger partial charge in [0.1, 0.15) is 10.8 Å². The molecule has 0 saturated carbocycles. The van der Waals surface area contributed by atoms with Crippen LogP contribution >= 0.6 is 34.8 Å². The largest absolute Gasteiger partial charge is 0.493 e. The van der Waals surface area contributed by atoms with E-state index in [1.807, 2.05) is 0 Å². The van der Waals surface area contributed by atoms with Crippen molar-refractivity contribution in [1.82, 2.24) is 10.3 Å². The van der Waals surface area contributed by atoms with Crippen LogP contribution in [0.2, 0.25) is 15.1 Å². The van der Waals surface area contributed by atoms with Crippen LogP contribution in [-0.2, 0) is 14.3 Å². The number of nitrogens with one attached hydrogen (secondary N) is 1. The molecule has 3 rings (SSSR count). The normalized spacial score (nSPS) is 13.6. The SMILES string of the molecule is COc1cc(/C=N\NC(=O)COc2cc(Cl)cc(Cl)c2Cl)ccc1OCC(=O)N1CCOCC1. The third-order valence-electron chi connectivity index (χ3n) is 4.62. The Morgan fingerprint density at radius 1 is 1.06 bits per heavy atom. The Kier molecular flexibility index (Phi) is 9.64. The number of nitrogens with zero attached hydrogens (tertiary/aromatic N) is 2. The number of halogens is 3. The number of carbonyl (C=O) groups is 2. The quantitative estimate of drug-likeness (QED) is 0.303. The predicted molar refractivity (Wildman–Crippen MR) is 129 cm³/mol. The summed E-state index contributed by atoms with van der Waals surface area (Å²) in [7, 11) is 1.49. The van der Waals surface area contributed by atoms with Gasteiger partial charge in [-0.3, -0.25) is 9.59 Å². The smallest absolute Gasteiger partial charge is 0.277 e. The number of hydrogen-bond acceptors (Lipinski definition) is 7. The molecule has 2 amide bonds. The van der Waals surface area contributed by atoms with Gasteiger partial charge in [0.25, 0.3) is 11.8 Å². The van der Waals surface area contributed by atoms with Gasteiger partial charge in [0, 0.05) is 24.2 Å². The van der Waals surface area contributed by atoms with Crippen molar-refractivity contribution in [1.29, 1.82) is 0 Å². The molecule has 0 bridgehead atoms. The summed E-state index contributed by atoms with van der Waals surface area (Å²) >= 11 is 17.9. The number of rotatable bonds is 9. The molecular weight excluding hydrogens is 509 g/mol. The minimum Gasteiger partial charge on any atom is -0.493 e. The Hall–Kier alpha value is -2.72. The molecule has 34 heavy (non-hydrogen) atoms. The average molecular weight is 531 g/mol. The molecule has 0 aliphatic carbocycles. The second kappa shape index (κ2) is 12.7. The van der Waals surface area contributed by atoms with E-state index >= 15 is 0 Å². The number of hydrazone groups is 1. The summed E-state index contributed by atoms with van der Waals surface area (Å²) in [4.78, 5) is 25.9. The van der Waals surface area contributed by atoms with Crippen LogP contribution in [0.4, 0.5) is 0 Å². The third-order valence-corrected chi connectivity index (χ3v) is 5.63. The average Bonchev–Trinajstić information content (AvgIpc) is 2.84. The molecule has 1 aliphatic heterocycles. The second-order valence-electron chi connectivity index (χ2n) is 6.97. The number of ether oxygens (including phenoxy) is 4. The highest BCUT2D eigenvalue weighted by molar-refractivity contribution is 6.44.